The van der Waals surface area contributed by atoms with E-state index in [-0.39, 0.29) is 6.10 Å². The van der Waals surface area contributed by atoms with Crippen LogP contribution in [0.1, 0.15) is 39.3 Å². The van der Waals surface area contributed by atoms with E-state index in [1.807, 2.05) is 12.1 Å². The van der Waals surface area contributed by atoms with Crippen LogP contribution < -0.4 is 10.1 Å². The van der Waals surface area contributed by atoms with Crippen LogP contribution in [0.15, 0.2) is 12.1 Å². The number of nitrogens with zero attached hydrogens (tertiary/aromatic N) is 2. The summed E-state index contributed by atoms with van der Waals surface area (Å²) in [5.41, 5.74) is 0.942. The smallest absolute Gasteiger partial charge is 0.233 e. The summed E-state index contributed by atoms with van der Waals surface area (Å²) in [4.78, 5) is 0. The molecule has 0 amide bonds. The number of nitrogens with one attached hydrogen (secondary N) is 1. The van der Waals surface area contributed by atoms with Crippen molar-refractivity contribution >= 4 is 0 Å². The zero-order valence-electron chi connectivity index (χ0n) is 10.4. The van der Waals surface area contributed by atoms with Gasteiger partial charge >= 0.3 is 0 Å². The summed E-state index contributed by atoms with van der Waals surface area (Å²) in [7, 11) is 0. The summed E-state index contributed by atoms with van der Waals surface area (Å²) in [6, 6.07) is 3.83. The predicted octanol–water partition coefficient (Wildman–Crippen LogP) is 2.15. The first-order chi connectivity index (χ1) is 7.76. The molecule has 1 aromatic rings. The quantitative estimate of drug-likeness (QED) is 0.769. The molecule has 1 aromatic heterocycles. The first-order valence-electron chi connectivity index (χ1n) is 5.96. The molecule has 0 spiro atoms. The molecular formula is C12H21N3O. The minimum absolute atomic E-state index is 0.207. The first kappa shape index (κ1) is 12.9. The Morgan fingerprint density at radius 3 is 2.69 bits per heavy atom. The van der Waals surface area contributed by atoms with Crippen molar-refractivity contribution in [3.63, 3.8) is 0 Å². The Hall–Kier alpha value is -1.16. The molecule has 0 saturated carbocycles. The maximum atomic E-state index is 5.62. The van der Waals surface area contributed by atoms with Crippen LogP contribution in [0.4, 0.5) is 0 Å². The fourth-order valence-corrected chi connectivity index (χ4v) is 1.43. The molecule has 1 heterocycles. The summed E-state index contributed by atoms with van der Waals surface area (Å²) in [6.45, 7) is 7.96. The van der Waals surface area contributed by atoms with Crippen molar-refractivity contribution in [3.05, 3.63) is 17.8 Å². The topological polar surface area (TPSA) is 47.0 Å². The molecule has 4 nitrogen and oxygen atoms in total. The largest absolute Gasteiger partial charge is 0.474 e. The first-order valence-corrected chi connectivity index (χ1v) is 5.96. The molecule has 0 aromatic carbocycles. The summed E-state index contributed by atoms with van der Waals surface area (Å²) >= 11 is 0. The highest BCUT2D eigenvalue weighted by Gasteiger charge is 2.04. The number of hydrogen-bond acceptors (Lipinski definition) is 4. The lowest BCUT2D eigenvalue weighted by molar-refractivity contribution is 0.199. The second-order valence-corrected chi connectivity index (χ2v) is 3.86. The second kappa shape index (κ2) is 7.17. The molecule has 1 rings (SSSR count). The van der Waals surface area contributed by atoms with Gasteiger partial charge < -0.3 is 10.1 Å². The molecule has 4 heteroatoms. The van der Waals surface area contributed by atoms with Gasteiger partial charge in [-0.3, -0.25) is 0 Å². The second-order valence-electron chi connectivity index (χ2n) is 3.86. The normalized spacial score (nSPS) is 12.4. The van der Waals surface area contributed by atoms with E-state index in [2.05, 4.69) is 36.3 Å². The van der Waals surface area contributed by atoms with Crippen LogP contribution in [0, 0.1) is 0 Å². The zero-order chi connectivity index (χ0) is 11.8. The Kier molecular flexibility index (Phi) is 5.78. The molecule has 0 aliphatic rings. The maximum absolute atomic E-state index is 5.62. The molecule has 90 valence electrons. The van der Waals surface area contributed by atoms with Gasteiger partial charge in [0.15, 0.2) is 0 Å². The Balaban J connectivity index is 2.44. The van der Waals surface area contributed by atoms with Crippen molar-refractivity contribution in [2.75, 3.05) is 6.54 Å². The number of rotatable bonds is 7. The van der Waals surface area contributed by atoms with E-state index in [1.165, 1.54) is 0 Å². The van der Waals surface area contributed by atoms with Crippen LogP contribution in [0.3, 0.4) is 0 Å². The van der Waals surface area contributed by atoms with Crippen LogP contribution in [0.2, 0.25) is 0 Å². The summed E-state index contributed by atoms with van der Waals surface area (Å²) < 4.78 is 5.62. The number of aromatic nitrogens is 2. The van der Waals surface area contributed by atoms with E-state index in [9.17, 15) is 0 Å². The fraction of sp³-hybridized carbons (Fsp3) is 0.667. The molecule has 1 unspecified atom stereocenters. The molecule has 1 N–H and O–H groups in total. The van der Waals surface area contributed by atoms with Gasteiger partial charge in [-0.25, -0.2) is 0 Å². The van der Waals surface area contributed by atoms with Crippen molar-refractivity contribution in [2.45, 2.75) is 46.3 Å². The molecular weight excluding hydrogens is 202 g/mol. The van der Waals surface area contributed by atoms with Gasteiger partial charge in [-0.1, -0.05) is 20.3 Å². The van der Waals surface area contributed by atoms with E-state index < -0.39 is 0 Å². The summed E-state index contributed by atoms with van der Waals surface area (Å²) in [6.07, 6.45) is 2.37. The molecule has 0 radical (unpaired) electrons. The van der Waals surface area contributed by atoms with E-state index in [0.717, 1.165) is 31.6 Å². The van der Waals surface area contributed by atoms with Crippen molar-refractivity contribution in [3.8, 4) is 5.88 Å². The molecule has 0 fully saturated rings. The fourth-order valence-electron chi connectivity index (χ4n) is 1.43. The number of hydrogen-bond donors (Lipinski definition) is 1. The SMILES string of the molecule is CCCC(C)Oc1ccc(CNCC)nn1. The lowest BCUT2D eigenvalue weighted by Crippen LogP contribution is -2.15. The van der Waals surface area contributed by atoms with E-state index >= 15 is 0 Å². The van der Waals surface area contributed by atoms with Crippen molar-refractivity contribution in [1.29, 1.82) is 0 Å². The van der Waals surface area contributed by atoms with Gasteiger partial charge in [-0.05, 0) is 26.0 Å². The predicted molar refractivity (Wildman–Crippen MR) is 64.4 cm³/mol. The third-order valence-corrected chi connectivity index (χ3v) is 2.27. The zero-order valence-corrected chi connectivity index (χ0v) is 10.4. The minimum Gasteiger partial charge on any atom is -0.474 e. The van der Waals surface area contributed by atoms with Crippen LogP contribution in [0.25, 0.3) is 0 Å². The van der Waals surface area contributed by atoms with Gasteiger partial charge in [0.1, 0.15) is 0 Å². The van der Waals surface area contributed by atoms with E-state index in [0.29, 0.717) is 5.88 Å². The van der Waals surface area contributed by atoms with Gasteiger partial charge in [-0.2, -0.15) is 5.10 Å². The van der Waals surface area contributed by atoms with E-state index in [4.69, 9.17) is 4.74 Å². The highest BCUT2D eigenvalue weighted by Crippen LogP contribution is 2.09. The monoisotopic (exact) mass is 223 g/mol. The number of ether oxygens (including phenoxy) is 1. The average molecular weight is 223 g/mol. The molecule has 1 atom stereocenters. The molecule has 0 aliphatic heterocycles. The third-order valence-electron chi connectivity index (χ3n) is 2.27. The van der Waals surface area contributed by atoms with Crippen LogP contribution in [-0.2, 0) is 6.54 Å². The van der Waals surface area contributed by atoms with Gasteiger partial charge in [-0.15, -0.1) is 5.10 Å². The summed E-state index contributed by atoms with van der Waals surface area (Å²) in [5, 5.41) is 11.3. The van der Waals surface area contributed by atoms with Crippen LogP contribution in [-0.4, -0.2) is 22.8 Å². The molecule has 16 heavy (non-hydrogen) atoms. The van der Waals surface area contributed by atoms with Crippen molar-refractivity contribution < 1.29 is 4.74 Å². The standard InChI is InChI=1S/C12H21N3O/c1-4-6-10(3)16-12-8-7-11(14-15-12)9-13-5-2/h7-8,10,13H,4-6,9H2,1-3H3. The van der Waals surface area contributed by atoms with Gasteiger partial charge in [0.05, 0.1) is 11.8 Å². The van der Waals surface area contributed by atoms with E-state index in [1.54, 1.807) is 0 Å². The average Bonchev–Trinajstić information content (AvgIpc) is 2.28. The van der Waals surface area contributed by atoms with Gasteiger partial charge in [0, 0.05) is 12.6 Å². The highest BCUT2D eigenvalue weighted by atomic mass is 16.5. The lowest BCUT2D eigenvalue weighted by atomic mass is 10.2. The highest BCUT2D eigenvalue weighted by molar-refractivity contribution is 5.11. The Bertz CT molecular complexity index is 287. The van der Waals surface area contributed by atoms with Gasteiger partial charge in [0.2, 0.25) is 5.88 Å². The maximum Gasteiger partial charge on any atom is 0.233 e. The van der Waals surface area contributed by atoms with Crippen LogP contribution >= 0.6 is 0 Å². The molecule has 0 aliphatic carbocycles. The summed E-state index contributed by atoms with van der Waals surface area (Å²) in [5.74, 6) is 0.612. The Morgan fingerprint density at radius 1 is 1.31 bits per heavy atom. The van der Waals surface area contributed by atoms with Crippen molar-refractivity contribution in [1.82, 2.24) is 15.5 Å². The Labute approximate surface area is 97.4 Å². The minimum atomic E-state index is 0.207. The lowest BCUT2D eigenvalue weighted by Gasteiger charge is -2.12. The van der Waals surface area contributed by atoms with Crippen LogP contribution in [0.5, 0.6) is 5.88 Å². The van der Waals surface area contributed by atoms with Crippen molar-refractivity contribution in [2.24, 2.45) is 0 Å². The third kappa shape index (κ3) is 4.57. The molecule has 0 saturated heterocycles. The Morgan fingerprint density at radius 2 is 2.12 bits per heavy atom. The van der Waals surface area contributed by atoms with Gasteiger partial charge in [0.25, 0.3) is 0 Å². The molecule has 0 bridgehead atoms.